The van der Waals surface area contributed by atoms with E-state index in [0.717, 1.165) is 23.8 Å². The van der Waals surface area contributed by atoms with Gasteiger partial charge in [0.2, 0.25) is 0 Å². The van der Waals surface area contributed by atoms with Crippen LogP contribution in [0.2, 0.25) is 0 Å². The van der Waals surface area contributed by atoms with E-state index in [2.05, 4.69) is 24.5 Å². The van der Waals surface area contributed by atoms with Gasteiger partial charge in [-0.05, 0) is 56.3 Å². The SMILES string of the molecule is CNC(CCc1ccc(OC)c(OC)c1)C1CC1. The van der Waals surface area contributed by atoms with Crippen LogP contribution in [0.25, 0.3) is 0 Å². The highest BCUT2D eigenvalue weighted by atomic mass is 16.5. The number of methoxy groups -OCH3 is 2. The van der Waals surface area contributed by atoms with Gasteiger partial charge in [-0.1, -0.05) is 6.07 Å². The van der Waals surface area contributed by atoms with Crippen LogP contribution in [0.15, 0.2) is 18.2 Å². The zero-order valence-electron chi connectivity index (χ0n) is 11.5. The molecule has 1 aliphatic rings. The number of nitrogens with one attached hydrogen (secondary N) is 1. The van der Waals surface area contributed by atoms with Gasteiger partial charge in [0.1, 0.15) is 0 Å². The first-order valence-electron chi connectivity index (χ1n) is 6.66. The summed E-state index contributed by atoms with van der Waals surface area (Å²) in [5.74, 6) is 2.52. The molecule has 0 aromatic heterocycles. The summed E-state index contributed by atoms with van der Waals surface area (Å²) >= 11 is 0. The van der Waals surface area contributed by atoms with Gasteiger partial charge in [-0.25, -0.2) is 0 Å². The van der Waals surface area contributed by atoms with Crippen molar-refractivity contribution in [3.63, 3.8) is 0 Å². The van der Waals surface area contributed by atoms with Gasteiger partial charge in [-0.3, -0.25) is 0 Å². The fraction of sp³-hybridized carbons (Fsp3) is 0.600. The highest BCUT2D eigenvalue weighted by Crippen LogP contribution is 2.35. The topological polar surface area (TPSA) is 30.5 Å². The van der Waals surface area contributed by atoms with Crippen LogP contribution in [0.4, 0.5) is 0 Å². The molecule has 1 aromatic carbocycles. The Labute approximate surface area is 109 Å². The Kier molecular flexibility index (Phi) is 4.48. The van der Waals surface area contributed by atoms with Gasteiger partial charge in [0, 0.05) is 6.04 Å². The molecule has 1 saturated carbocycles. The third kappa shape index (κ3) is 3.16. The van der Waals surface area contributed by atoms with Gasteiger partial charge in [0.15, 0.2) is 11.5 Å². The van der Waals surface area contributed by atoms with E-state index < -0.39 is 0 Å². The van der Waals surface area contributed by atoms with E-state index in [1.165, 1.54) is 24.8 Å². The van der Waals surface area contributed by atoms with Crippen LogP contribution in [0.1, 0.15) is 24.8 Å². The second-order valence-corrected chi connectivity index (χ2v) is 4.96. The molecule has 1 atom stereocenters. The van der Waals surface area contributed by atoms with E-state index in [1.54, 1.807) is 14.2 Å². The van der Waals surface area contributed by atoms with Gasteiger partial charge < -0.3 is 14.8 Å². The van der Waals surface area contributed by atoms with E-state index >= 15 is 0 Å². The minimum atomic E-state index is 0.665. The maximum Gasteiger partial charge on any atom is 0.160 e. The summed E-state index contributed by atoms with van der Waals surface area (Å²) < 4.78 is 10.6. The van der Waals surface area contributed by atoms with Crippen molar-refractivity contribution in [2.75, 3.05) is 21.3 Å². The largest absolute Gasteiger partial charge is 0.493 e. The van der Waals surface area contributed by atoms with Crippen molar-refractivity contribution in [2.45, 2.75) is 31.7 Å². The molecular formula is C15H23NO2. The van der Waals surface area contributed by atoms with Gasteiger partial charge in [-0.2, -0.15) is 0 Å². The molecule has 1 aromatic rings. The van der Waals surface area contributed by atoms with Gasteiger partial charge >= 0.3 is 0 Å². The smallest absolute Gasteiger partial charge is 0.160 e. The van der Waals surface area contributed by atoms with E-state index in [1.807, 2.05) is 6.07 Å². The number of hydrogen-bond acceptors (Lipinski definition) is 3. The van der Waals surface area contributed by atoms with E-state index in [0.29, 0.717) is 6.04 Å². The third-order valence-corrected chi connectivity index (χ3v) is 3.75. The van der Waals surface area contributed by atoms with Crippen molar-refractivity contribution in [3.05, 3.63) is 23.8 Å². The van der Waals surface area contributed by atoms with Crippen LogP contribution in [-0.2, 0) is 6.42 Å². The van der Waals surface area contributed by atoms with Crippen LogP contribution in [0.5, 0.6) is 11.5 Å². The molecule has 1 aliphatic carbocycles. The molecule has 3 heteroatoms. The Bertz CT molecular complexity index is 388. The Morgan fingerprint density at radius 2 is 1.94 bits per heavy atom. The van der Waals surface area contributed by atoms with Crippen LogP contribution in [0.3, 0.4) is 0 Å². The van der Waals surface area contributed by atoms with E-state index in [9.17, 15) is 0 Å². The zero-order valence-corrected chi connectivity index (χ0v) is 11.5. The van der Waals surface area contributed by atoms with Crippen LogP contribution >= 0.6 is 0 Å². The van der Waals surface area contributed by atoms with Crippen molar-refractivity contribution in [1.82, 2.24) is 5.32 Å². The van der Waals surface area contributed by atoms with Crippen molar-refractivity contribution in [3.8, 4) is 11.5 Å². The fourth-order valence-electron chi connectivity index (χ4n) is 2.47. The number of rotatable bonds is 7. The second-order valence-electron chi connectivity index (χ2n) is 4.96. The normalized spacial score (nSPS) is 16.4. The van der Waals surface area contributed by atoms with Crippen molar-refractivity contribution >= 4 is 0 Å². The minimum absolute atomic E-state index is 0.665. The molecule has 1 N–H and O–H groups in total. The minimum Gasteiger partial charge on any atom is -0.493 e. The first kappa shape index (κ1) is 13.2. The van der Waals surface area contributed by atoms with Crippen molar-refractivity contribution in [1.29, 1.82) is 0 Å². The first-order chi connectivity index (χ1) is 8.78. The van der Waals surface area contributed by atoms with E-state index in [-0.39, 0.29) is 0 Å². The monoisotopic (exact) mass is 249 g/mol. The molecule has 0 bridgehead atoms. The maximum atomic E-state index is 5.33. The molecular weight excluding hydrogens is 226 g/mol. The van der Waals surface area contributed by atoms with Crippen LogP contribution in [0, 0.1) is 5.92 Å². The average Bonchev–Trinajstić information content (AvgIpc) is 3.24. The number of benzene rings is 1. The summed E-state index contributed by atoms with van der Waals surface area (Å²) in [6.45, 7) is 0. The van der Waals surface area contributed by atoms with Crippen molar-refractivity contribution in [2.24, 2.45) is 5.92 Å². The highest BCUT2D eigenvalue weighted by molar-refractivity contribution is 5.42. The molecule has 0 saturated heterocycles. The Balaban J connectivity index is 1.96. The fourth-order valence-corrected chi connectivity index (χ4v) is 2.47. The molecule has 0 aliphatic heterocycles. The molecule has 2 rings (SSSR count). The molecule has 100 valence electrons. The average molecular weight is 249 g/mol. The molecule has 0 amide bonds. The molecule has 18 heavy (non-hydrogen) atoms. The molecule has 0 radical (unpaired) electrons. The summed E-state index contributed by atoms with van der Waals surface area (Å²) in [5.41, 5.74) is 1.31. The third-order valence-electron chi connectivity index (χ3n) is 3.75. The lowest BCUT2D eigenvalue weighted by Crippen LogP contribution is -2.27. The maximum absolute atomic E-state index is 5.33. The van der Waals surface area contributed by atoms with Crippen molar-refractivity contribution < 1.29 is 9.47 Å². The standard InChI is InChI=1S/C15H23NO2/c1-16-13(12-6-7-12)8-4-11-5-9-14(17-2)15(10-11)18-3/h5,9-10,12-13,16H,4,6-8H2,1-3H3. The summed E-state index contributed by atoms with van der Waals surface area (Å²) in [6, 6.07) is 6.86. The summed E-state index contributed by atoms with van der Waals surface area (Å²) in [6.07, 6.45) is 5.05. The molecule has 1 unspecified atom stereocenters. The number of aryl methyl sites for hydroxylation is 1. The lowest BCUT2D eigenvalue weighted by Gasteiger charge is -2.15. The summed E-state index contributed by atoms with van der Waals surface area (Å²) in [5, 5.41) is 3.43. The van der Waals surface area contributed by atoms with Gasteiger partial charge in [0.05, 0.1) is 14.2 Å². The lowest BCUT2D eigenvalue weighted by atomic mass is 10.0. The predicted molar refractivity (Wildman–Crippen MR) is 73.4 cm³/mol. The first-order valence-corrected chi connectivity index (χ1v) is 6.66. The molecule has 0 spiro atoms. The summed E-state index contributed by atoms with van der Waals surface area (Å²) in [7, 11) is 5.42. The highest BCUT2D eigenvalue weighted by Gasteiger charge is 2.29. The van der Waals surface area contributed by atoms with E-state index in [4.69, 9.17) is 9.47 Å². The predicted octanol–water partition coefficient (Wildman–Crippen LogP) is 2.63. The van der Waals surface area contributed by atoms with Crippen LogP contribution in [-0.4, -0.2) is 27.3 Å². The van der Waals surface area contributed by atoms with Crippen LogP contribution < -0.4 is 14.8 Å². The number of ether oxygens (including phenoxy) is 2. The lowest BCUT2D eigenvalue weighted by molar-refractivity contribution is 0.354. The summed E-state index contributed by atoms with van der Waals surface area (Å²) in [4.78, 5) is 0. The molecule has 0 heterocycles. The Morgan fingerprint density at radius 1 is 1.22 bits per heavy atom. The molecule has 3 nitrogen and oxygen atoms in total. The van der Waals surface area contributed by atoms with Gasteiger partial charge in [-0.15, -0.1) is 0 Å². The second kappa shape index (κ2) is 6.10. The zero-order chi connectivity index (χ0) is 13.0. The Morgan fingerprint density at radius 3 is 2.50 bits per heavy atom. The molecule has 1 fully saturated rings. The van der Waals surface area contributed by atoms with Gasteiger partial charge in [0.25, 0.3) is 0 Å². The Hall–Kier alpha value is -1.22. The quantitative estimate of drug-likeness (QED) is 0.806. The number of hydrogen-bond donors (Lipinski definition) is 1.